The number of amides is 1. The fourth-order valence-electron chi connectivity index (χ4n) is 3.79. The highest BCUT2D eigenvalue weighted by molar-refractivity contribution is 5.81. The van der Waals surface area contributed by atoms with E-state index in [0.717, 1.165) is 25.3 Å². The molecule has 1 aliphatic carbocycles. The molecule has 0 saturated heterocycles. The Labute approximate surface area is 170 Å². The normalized spacial score (nSPS) is 23.0. The lowest BCUT2D eigenvalue weighted by Crippen LogP contribution is -2.49. The summed E-state index contributed by atoms with van der Waals surface area (Å²) in [7, 11) is 1.67. The second kappa shape index (κ2) is 13.6. The van der Waals surface area contributed by atoms with Crippen molar-refractivity contribution in [1.29, 1.82) is 0 Å². The first-order valence-electron chi connectivity index (χ1n) is 10.0. The van der Waals surface area contributed by atoms with Crippen LogP contribution < -0.4 is 10.6 Å². The van der Waals surface area contributed by atoms with Gasteiger partial charge in [-0.3, -0.25) is 5.32 Å². The second-order valence-electron chi connectivity index (χ2n) is 8.46. The van der Waals surface area contributed by atoms with Gasteiger partial charge in [-0.25, -0.2) is 9.59 Å². The molecule has 0 aromatic carbocycles. The van der Waals surface area contributed by atoms with E-state index in [1.807, 2.05) is 0 Å². The zero-order valence-electron chi connectivity index (χ0n) is 18.6. The number of methoxy groups -OCH3 is 1. The first-order chi connectivity index (χ1) is 13.1. The summed E-state index contributed by atoms with van der Waals surface area (Å²) >= 11 is 0. The summed E-state index contributed by atoms with van der Waals surface area (Å²) in [5.41, 5.74) is 0.157. The van der Waals surface area contributed by atoms with Crippen LogP contribution in [0, 0.1) is 10.8 Å². The number of ether oxygens (including phenoxy) is 3. The summed E-state index contributed by atoms with van der Waals surface area (Å²) in [6.45, 7) is 15.3. The molecule has 28 heavy (non-hydrogen) atoms. The minimum Gasteiger partial charge on any atom is -0.459 e. The van der Waals surface area contributed by atoms with Gasteiger partial charge in [0.05, 0.1) is 6.73 Å². The van der Waals surface area contributed by atoms with E-state index in [0.29, 0.717) is 19.3 Å². The zero-order chi connectivity index (χ0) is 21.6. The van der Waals surface area contributed by atoms with Crippen LogP contribution in [-0.2, 0) is 19.0 Å². The lowest BCUT2D eigenvalue weighted by molar-refractivity contribution is -0.138. The van der Waals surface area contributed by atoms with Gasteiger partial charge in [-0.15, -0.1) is 0 Å². The number of carbonyl (C=O) groups excluding carboxylic acids is 2. The van der Waals surface area contributed by atoms with E-state index in [1.165, 1.54) is 6.42 Å². The summed E-state index contributed by atoms with van der Waals surface area (Å²) in [6, 6.07) is 0.352. The number of hydrogen-bond donors (Lipinski definition) is 2. The Balaban J connectivity index is 0.00000227. The van der Waals surface area contributed by atoms with Crippen molar-refractivity contribution >= 4 is 12.1 Å². The monoisotopic (exact) mass is 400 g/mol. The van der Waals surface area contributed by atoms with Gasteiger partial charge in [-0.1, -0.05) is 47.6 Å². The van der Waals surface area contributed by atoms with Crippen LogP contribution in [0.4, 0.5) is 4.79 Å². The minimum atomic E-state index is -0.532. The molecule has 2 atom stereocenters. The Hall–Kier alpha value is -1.60. The maximum absolute atomic E-state index is 11.8. The number of carbonyl (C=O) groups is 2. The Morgan fingerprint density at radius 1 is 1.14 bits per heavy atom. The van der Waals surface area contributed by atoms with Crippen LogP contribution in [0.15, 0.2) is 12.7 Å². The molecule has 2 unspecified atom stereocenters. The third-order valence-electron chi connectivity index (χ3n) is 4.35. The maximum Gasteiger partial charge on any atom is 0.407 e. The Morgan fingerprint density at radius 3 is 2.32 bits per heavy atom. The van der Waals surface area contributed by atoms with E-state index in [4.69, 9.17) is 14.2 Å². The highest BCUT2D eigenvalue weighted by Crippen LogP contribution is 2.45. The molecule has 0 aromatic rings. The van der Waals surface area contributed by atoms with Gasteiger partial charge in [0.25, 0.3) is 0 Å². The smallest absolute Gasteiger partial charge is 0.407 e. The Bertz CT molecular complexity index is 481. The Kier molecular flexibility index (Phi) is 12.8. The number of alkyl carbamates (subject to hydrolysis) is 1. The van der Waals surface area contributed by atoms with Crippen LogP contribution in [-0.4, -0.2) is 51.7 Å². The van der Waals surface area contributed by atoms with Gasteiger partial charge >= 0.3 is 12.1 Å². The van der Waals surface area contributed by atoms with Crippen molar-refractivity contribution in [3.63, 3.8) is 0 Å². The summed E-state index contributed by atoms with van der Waals surface area (Å²) in [6.07, 6.45) is 4.87. The average molecular weight is 401 g/mol. The van der Waals surface area contributed by atoms with Gasteiger partial charge in [0.15, 0.2) is 0 Å². The van der Waals surface area contributed by atoms with E-state index in [9.17, 15) is 9.59 Å². The summed E-state index contributed by atoms with van der Waals surface area (Å²) < 4.78 is 14.9. The molecule has 1 saturated carbocycles. The fourth-order valence-corrected chi connectivity index (χ4v) is 3.79. The van der Waals surface area contributed by atoms with Gasteiger partial charge < -0.3 is 19.5 Å². The van der Waals surface area contributed by atoms with Crippen molar-refractivity contribution in [1.82, 2.24) is 10.6 Å². The van der Waals surface area contributed by atoms with Crippen LogP contribution in [0.2, 0.25) is 0 Å². The second-order valence-corrected chi connectivity index (χ2v) is 8.46. The van der Waals surface area contributed by atoms with Gasteiger partial charge in [0.1, 0.15) is 13.2 Å². The summed E-state index contributed by atoms with van der Waals surface area (Å²) in [5.74, 6) is -0.532. The number of hydrogen-bond acceptors (Lipinski definition) is 6. The molecule has 0 heterocycles. The molecular weight excluding hydrogens is 360 g/mol. The van der Waals surface area contributed by atoms with Crippen LogP contribution in [0.25, 0.3) is 0 Å². The largest absolute Gasteiger partial charge is 0.459 e. The molecule has 7 nitrogen and oxygen atoms in total. The lowest BCUT2D eigenvalue weighted by Gasteiger charge is -2.47. The molecule has 1 fully saturated rings. The lowest BCUT2D eigenvalue weighted by atomic mass is 9.62. The summed E-state index contributed by atoms with van der Waals surface area (Å²) in [5, 5.41) is 6.23. The standard InChI is InChI=1S/C18H32N2O5.C3H8/c1-6-15(21)24-7-8-25-16(22)19-12-18(4)10-14(20-13-23-5)9-17(2,3)11-18;1-3-2/h6,14,20H,1,7-13H2,2-5H3,(H,19,22);3H2,1-2H3. The molecule has 0 aromatic heterocycles. The zero-order valence-corrected chi connectivity index (χ0v) is 18.6. The average Bonchev–Trinajstić information content (AvgIpc) is 2.61. The Morgan fingerprint density at radius 2 is 1.75 bits per heavy atom. The van der Waals surface area contributed by atoms with Gasteiger partial charge in [-0.2, -0.15) is 0 Å². The van der Waals surface area contributed by atoms with Crippen molar-refractivity contribution in [2.75, 3.05) is 33.6 Å². The minimum absolute atomic E-state index is 0.0194. The van der Waals surface area contributed by atoms with E-state index in [-0.39, 0.29) is 24.0 Å². The quantitative estimate of drug-likeness (QED) is 0.266. The predicted octanol–water partition coefficient (Wildman–Crippen LogP) is 3.64. The van der Waals surface area contributed by atoms with Crippen molar-refractivity contribution in [2.24, 2.45) is 10.8 Å². The highest BCUT2D eigenvalue weighted by Gasteiger charge is 2.41. The number of nitrogens with one attached hydrogen (secondary N) is 2. The van der Waals surface area contributed by atoms with Crippen LogP contribution >= 0.6 is 0 Å². The first kappa shape index (κ1) is 26.4. The van der Waals surface area contributed by atoms with Crippen LogP contribution in [0.1, 0.15) is 60.3 Å². The molecular formula is C21H40N2O5. The topological polar surface area (TPSA) is 85.9 Å². The maximum atomic E-state index is 11.8. The van der Waals surface area contributed by atoms with Crippen molar-refractivity contribution in [2.45, 2.75) is 66.3 Å². The van der Waals surface area contributed by atoms with Gasteiger partial charge in [-0.05, 0) is 30.1 Å². The van der Waals surface area contributed by atoms with Crippen LogP contribution in [0.5, 0.6) is 0 Å². The van der Waals surface area contributed by atoms with E-state index in [1.54, 1.807) is 7.11 Å². The molecule has 1 aliphatic rings. The first-order valence-corrected chi connectivity index (χ1v) is 10.0. The molecule has 2 N–H and O–H groups in total. The number of rotatable bonds is 9. The predicted molar refractivity (Wildman–Crippen MR) is 111 cm³/mol. The van der Waals surface area contributed by atoms with E-state index >= 15 is 0 Å². The fraction of sp³-hybridized carbons (Fsp3) is 0.810. The van der Waals surface area contributed by atoms with E-state index in [2.05, 4.69) is 51.8 Å². The molecule has 164 valence electrons. The highest BCUT2D eigenvalue weighted by atomic mass is 16.6. The molecule has 0 bridgehead atoms. The van der Waals surface area contributed by atoms with E-state index < -0.39 is 12.1 Å². The molecule has 1 amide bonds. The molecule has 1 rings (SSSR count). The van der Waals surface area contributed by atoms with Crippen LogP contribution in [0.3, 0.4) is 0 Å². The molecule has 7 heteroatoms. The summed E-state index contributed by atoms with van der Waals surface area (Å²) in [4.78, 5) is 22.7. The van der Waals surface area contributed by atoms with Crippen molar-refractivity contribution in [3.05, 3.63) is 12.7 Å². The molecule has 0 spiro atoms. The molecule has 0 aliphatic heterocycles. The van der Waals surface area contributed by atoms with Crippen molar-refractivity contribution in [3.8, 4) is 0 Å². The third-order valence-corrected chi connectivity index (χ3v) is 4.35. The van der Waals surface area contributed by atoms with Crippen molar-refractivity contribution < 1.29 is 23.8 Å². The third kappa shape index (κ3) is 12.0. The SMILES string of the molecule is C=CC(=O)OCCOC(=O)NCC1(C)CC(NCOC)CC(C)(C)C1.CCC. The van der Waals surface area contributed by atoms with Gasteiger partial charge in [0, 0.05) is 25.8 Å². The molecule has 0 radical (unpaired) electrons. The van der Waals surface area contributed by atoms with Gasteiger partial charge in [0.2, 0.25) is 0 Å². The number of esters is 1.